The quantitative estimate of drug-likeness (QED) is 0.543. The topological polar surface area (TPSA) is 20.1 Å². The van der Waals surface area contributed by atoms with Gasteiger partial charge in [0.2, 0.25) is 0 Å². The Bertz CT molecular complexity index is 222. The summed E-state index contributed by atoms with van der Waals surface area (Å²) in [5.74, 6) is 0. The van der Waals surface area contributed by atoms with Gasteiger partial charge in [0.1, 0.15) is 28.5 Å². The van der Waals surface area contributed by atoms with Crippen molar-refractivity contribution in [2.45, 2.75) is 44.6 Å². The Hall–Kier alpha value is 0.254. The first-order valence-electron chi connectivity index (χ1n) is 4.63. The van der Waals surface area contributed by atoms with Gasteiger partial charge in [-0.15, -0.1) is 8.15 Å². The first-order chi connectivity index (χ1) is 5.60. The molecule has 0 amide bonds. The molecule has 0 spiro atoms. The third-order valence-corrected chi connectivity index (χ3v) is 12.2. The minimum absolute atomic E-state index is 0.558. The first kappa shape index (κ1) is 13.3. The fraction of sp³-hybridized carbons (Fsp3) is 1.00. The van der Waals surface area contributed by atoms with Crippen LogP contribution in [0.5, 0.6) is 0 Å². The molecule has 0 aromatic carbocycles. The van der Waals surface area contributed by atoms with Crippen molar-refractivity contribution in [1.82, 2.24) is 0 Å². The zero-order valence-corrected chi connectivity index (χ0v) is 12.7. The fourth-order valence-corrected chi connectivity index (χ4v) is 17.2. The van der Waals surface area contributed by atoms with Crippen molar-refractivity contribution in [3.63, 3.8) is 0 Å². The zero-order chi connectivity index (χ0) is 10.9. The minimum Gasteiger partial charge on any atom is -0.145 e. The molecule has 0 aliphatic heterocycles. The molecule has 0 aromatic heterocycles. The first-order valence-corrected chi connectivity index (χ1v) is 12.5. The van der Waals surface area contributed by atoms with Crippen LogP contribution in [0.4, 0.5) is 0 Å². The van der Waals surface area contributed by atoms with Crippen LogP contribution in [-0.4, -0.2) is 36.6 Å². The normalized spacial score (nSPS) is 13.2. The van der Waals surface area contributed by atoms with Crippen molar-refractivity contribution < 1.29 is 8.15 Å². The monoisotopic (exact) mass is 236 g/mol. The van der Waals surface area contributed by atoms with Crippen molar-refractivity contribution in [3.05, 3.63) is 0 Å². The highest BCUT2D eigenvalue weighted by Crippen LogP contribution is 2.21. The largest absolute Gasteiger partial charge is 0.378 e. The van der Waals surface area contributed by atoms with Gasteiger partial charge in [0.25, 0.3) is 0 Å². The molecule has 78 valence electrons. The molecule has 0 heterocycles. The summed E-state index contributed by atoms with van der Waals surface area (Å²) < 4.78 is 12.8. The molecule has 0 aromatic rings. The summed E-state index contributed by atoms with van der Waals surface area (Å²) in [5, 5.41) is 0.558. The third-order valence-electron chi connectivity index (χ3n) is 2.12. The van der Waals surface area contributed by atoms with E-state index in [1.165, 1.54) is 0 Å². The maximum absolute atomic E-state index is 10.9. The molecule has 2 nitrogen and oxygen atoms in total. The van der Waals surface area contributed by atoms with E-state index in [9.17, 15) is 4.21 Å². The van der Waals surface area contributed by atoms with Gasteiger partial charge in [0.15, 0.2) is 0 Å². The van der Waals surface area contributed by atoms with Gasteiger partial charge >= 0.3 is 11.5 Å². The van der Waals surface area contributed by atoms with Crippen molar-refractivity contribution in [2.24, 2.45) is 0 Å². The lowest BCUT2D eigenvalue weighted by atomic mass is 11.2. The van der Waals surface area contributed by atoms with Crippen LogP contribution in [0.25, 0.3) is 0 Å². The predicted octanol–water partition coefficient (Wildman–Crippen LogP) is 2.15. The average molecular weight is 237 g/mol. The van der Waals surface area contributed by atoms with E-state index >= 15 is 0 Å². The molecular weight excluding hydrogens is 214 g/mol. The Kier molecular flexibility index (Phi) is 4.27. The van der Waals surface area contributed by atoms with Crippen molar-refractivity contribution >= 4 is 27.6 Å². The molecule has 0 fully saturated rings. The molecule has 0 radical (unpaired) electrons. The van der Waals surface area contributed by atoms with Gasteiger partial charge in [-0.2, -0.15) is 0 Å². The van der Waals surface area contributed by atoms with E-state index in [0.717, 1.165) is 0 Å². The molecule has 0 saturated carbocycles. The summed E-state index contributed by atoms with van der Waals surface area (Å²) in [7, 11) is -0.535. The molecule has 0 saturated heterocycles. The van der Waals surface area contributed by atoms with Crippen LogP contribution in [0.15, 0.2) is 0 Å². The smallest absolute Gasteiger partial charge is 0.145 e. The van der Waals surface area contributed by atoms with Gasteiger partial charge in [-0.05, 0) is 0 Å². The Morgan fingerprint density at radius 1 is 1.00 bits per heavy atom. The van der Waals surface area contributed by atoms with Crippen molar-refractivity contribution in [3.8, 4) is 0 Å². The summed E-state index contributed by atoms with van der Waals surface area (Å²) in [6, 6.07) is 0. The van der Waals surface area contributed by atoms with Crippen LogP contribution in [0, 0.1) is 0 Å². The van der Waals surface area contributed by atoms with E-state index in [4.69, 9.17) is 0 Å². The Morgan fingerprint density at radius 2 is 1.31 bits per heavy atom. The SMILES string of the molecule is C[N+](=S=O)C([Si](C)(C)C)[Si](C)(C)C. The molecule has 0 atom stereocenters. The highest BCUT2D eigenvalue weighted by Gasteiger charge is 2.45. The summed E-state index contributed by atoms with van der Waals surface area (Å²) in [5.41, 5.74) is 0. The van der Waals surface area contributed by atoms with Gasteiger partial charge in [-0.25, -0.2) is 0 Å². The molecular formula is C8H22NOSSi2+. The third kappa shape index (κ3) is 3.87. The molecule has 0 rings (SSSR count). The predicted molar refractivity (Wildman–Crippen MR) is 64.8 cm³/mol. The van der Waals surface area contributed by atoms with Crippen LogP contribution in [-0.2, 0) is 11.5 Å². The van der Waals surface area contributed by atoms with Crippen molar-refractivity contribution in [1.29, 1.82) is 0 Å². The second-order valence-corrected chi connectivity index (χ2v) is 17.6. The molecule has 0 N–H and O–H groups in total. The highest BCUT2D eigenvalue weighted by atomic mass is 32.1. The van der Waals surface area contributed by atoms with E-state index in [2.05, 4.69) is 39.3 Å². The van der Waals surface area contributed by atoms with E-state index in [0.29, 0.717) is 16.8 Å². The van der Waals surface area contributed by atoms with Gasteiger partial charge < -0.3 is 0 Å². The van der Waals surface area contributed by atoms with Crippen molar-refractivity contribution in [2.75, 3.05) is 7.05 Å². The maximum atomic E-state index is 10.9. The Balaban J connectivity index is 5.13. The molecule has 13 heavy (non-hydrogen) atoms. The molecule has 5 heteroatoms. The van der Waals surface area contributed by atoms with Gasteiger partial charge in [0, 0.05) is 0 Å². The number of hydrogen-bond acceptors (Lipinski definition) is 1. The van der Waals surface area contributed by atoms with Crippen LogP contribution in [0.2, 0.25) is 39.3 Å². The van der Waals surface area contributed by atoms with E-state index in [1.54, 1.807) is 0 Å². The zero-order valence-electron chi connectivity index (χ0n) is 9.84. The Labute approximate surface area is 87.6 Å². The molecule has 0 aliphatic rings. The lowest BCUT2D eigenvalue weighted by Gasteiger charge is -2.31. The second kappa shape index (κ2) is 4.19. The van der Waals surface area contributed by atoms with Gasteiger partial charge in [0.05, 0.1) is 0 Å². The van der Waals surface area contributed by atoms with E-state index in [1.807, 2.05) is 11.0 Å². The summed E-state index contributed by atoms with van der Waals surface area (Å²) in [6.07, 6.45) is 0. The highest BCUT2D eigenvalue weighted by molar-refractivity contribution is 7.51. The maximum Gasteiger partial charge on any atom is 0.378 e. The lowest BCUT2D eigenvalue weighted by molar-refractivity contribution is -0.471. The average Bonchev–Trinajstić information content (AvgIpc) is 1.80. The molecule has 0 bridgehead atoms. The number of hydrogen-bond donors (Lipinski definition) is 0. The van der Waals surface area contributed by atoms with Crippen LogP contribution in [0.1, 0.15) is 0 Å². The van der Waals surface area contributed by atoms with Crippen LogP contribution >= 0.6 is 0 Å². The van der Waals surface area contributed by atoms with Crippen LogP contribution < -0.4 is 0 Å². The summed E-state index contributed by atoms with van der Waals surface area (Å²) in [4.78, 5) is 0. The lowest BCUT2D eigenvalue weighted by Crippen LogP contribution is -2.58. The summed E-state index contributed by atoms with van der Waals surface area (Å²) >= 11 is 0.639. The number of rotatable bonds is 3. The standard InChI is InChI=1S/C8H22NOSSi2/c1-9(11-10)8(12(2,3)4)13(5,6)7/h8H,1-7H3/q+1. The summed E-state index contributed by atoms with van der Waals surface area (Å²) in [6.45, 7) is 14.1. The Morgan fingerprint density at radius 3 is 1.38 bits per heavy atom. The second-order valence-electron chi connectivity index (χ2n) is 5.76. The van der Waals surface area contributed by atoms with E-state index < -0.39 is 16.1 Å². The van der Waals surface area contributed by atoms with E-state index in [-0.39, 0.29) is 0 Å². The molecule has 0 unspecified atom stereocenters. The molecule has 0 aliphatic carbocycles. The van der Waals surface area contributed by atoms with Crippen LogP contribution in [0.3, 0.4) is 0 Å². The minimum atomic E-state index is -1.24. The van der Waals surface area contributed by atoms with Gasteiger partial charge in [-0.1, -0.05) is 39.3 Å². The fourth-order valence-electron chi connectivity index (χ4n) is 2.43. The van der Waals surface area contributed by atoms with Gasteiger partial charge in [-0.3, -0.25) is 0 Å². The number of nitrogens with zero attached hydrogens (tertiary/aromatic N) is 1.